The van der Waals surface area contributed by atoms with Gasteiger partial charge in [-0.25, -0.2) is 0 Å². The van der Waals surface area contributed by atoms with Gasteiger partial charge in [0.2, 0.25) is 11.8 Å². The third kappa shape index (κ3) is 4.30. The zero-order valence-electron chi connectivity index (χ0n) is 9.65. The number of aromatic nitrogens is 1. The average molecular weight is 334 g/mol. The van der Waals surface area contributed by atoms with Gasteiger partial charge in [0, 0.05) is 11.8 Å². The summed E-state index contributed by atoms with van der Waals surface area (Å²) in [6, 6.07) is 1.18. The van der Waals surface area contributed by atoms with Crippen molar-refractivity contribution in [3.05, 3.63) is 22.1 Å². The van der Waals surface area contributed by atoms with Gasteiger partial charge in [-0.3, -0.25) is 9.05 Å². The van der Waals surface area contributed by atoms with Gasteiger partial charge in [0.1, 0.15) is 5.02 Å². The number of rotatable bonds is 6. The van der Waals surface area contributed by atoms with Crippen LogP contribution in [-0.4, -0.2) is 18.2 Å². The van der Waals surface area contributed by atoms with E-state index in [-0.39, 0.29) is 15.9 Å². The fourth-order valence-electron chi connectivity index (χ4n) is 1.00. The second-order valence-corrected chi connectivity index (χ2v) is 6.67. The van der Waals surface area contributed by atoms with Crippen molar-refractivity contribution in [1.29, 1.82) is 0 Å². The molecule has 18 heavy (non-hydrogen) atoms. The van der Waals surface area contributed by atoms with Gasteiger partial charge in [-0.15, -0.1) is 0 Å². The minimum absolute atomic E-state index is 0.0371. The molecule has 1 aromatic heterocycles. The Bertz CT molecular complexity index is 467. The van der Waals surface area contributed by atoms with Crippen molar-refractivity contribution >= 4 is 41.7 Å². The molecule has 9 heteroatoms. The maximum Gasteiger partial charge on any atom is 0.381 e. The van der Waals surface area contributed by atoms with E-state index in [1.54, 1.807) is 13.8 Å². The molecule has 0 aliphatic rings. The van der Waals surface area contributed by atoms with Gasteiger partial charge in [-0.2, -0.15) is 9.37 Å². The largest absolute Gasteiger partial charge is 0.404 e. The highest BCUT2D eigenvalue weighted by molar-refractivity contribution is 8.07. The molecule has 0 amide bonds. The molecule has 0 saturated carbocycles. The van der Waals surface area contributed by atoms with Gasteiger partial charge in [-0.05, 0) is 19.9 Å². The van der Waals surface area contributed by atoms with Crippen LogP contribution in [0.1, 0.15) is 13.8 Å². The highest BCUT2D eigenvalue weighted by Gasteiger charge is 2.24. The summed E-state index contributed by atoms with van der Waals surface area (Å²) >= 11 is 16.5. The highest BCUT2D eigenvalue weighted by atomic mass is 35.5. The summed E-state index contributed by atoms with van der Waals surface area (Å²) in [5.74, 6) is -1.09. The van der Waals surface area contributed by atoms with Crippen molar-refractivity contribution in [2.75, 3.05) is 13.2 Å². The lowest BCUT2D eigenvalue weighted by molar-refractivity contribution is 0.215. The van der Waals surface area contributed by atoms with Crippen molar-refractivity contribution in [3.8, 4) is 5.88 Å². The number of halogens is 3. The van der Waals surface area contributed by atoms with E-state index in [0.717, 1.165) is 0 Å². The lowest BCUT2D eigenvalue weighted by atomic mass is 10.5. The Morgan fingerprint density at radius 1 is 1.28 bits per heavy atom. The van der Waals surface area contributed by atoms with Gasteiger partial charge in [0.05, 0.1) is 18.2 Å². The Balaban J connectivity index is 3.01. The molecule has 1 heterocycles. The first-order valence-corrected chi connectivity index (χ1v) is 8.33. The molecule has 1 rings (SSSR count). The van der Waals surface area contributed by atoms with E-state index in [2.05, 4.69) is 4.98 Å². The molecule has 0 spiro atoms. The maximum absolute atomic E-state index is 13.2. The molecule has 0 aliphatic carbocycles. The van der Waals surface area contributed by atoms with Crippen LogP contribution in [0.25, 0.3) is 0 Å². The summed E-state index contributed by atoms with van der Waals surface area (Å²) in [4.78, 5) is 3.47. The molecule has 0 N–H and O–H groups in total. The maximum atomic E-state index is 13.2. The zero-order valence-corrected chi connectivity index (χ0v) is 12.9. The molecule has 102 valence electrons. The van der Waals surface area contributed by atoms with E-state index in [4.69, 9.17) is 48.6 Å². The van der Waals surface area contributed by atoms with E-state index in [0.29, 0.717) is 13.2 Å². The topological polar surface area (TPSA) is 40.6 Å². The third-order valence-corrected chi connectivity index (χ3v) is 4.56. The summed E-state index contributed by atoms with van der Waals surface area (Å²) in [6.45, 7) is 1.04. The molecule has 0 unspecified atom stereocenters. The van der Waals surface area contributed by atoms with Crippen LogP contribution in [0.15, 0.2) is 6.07 Å². The summed E-state index contributed by atoms with van der Waals surface area (Å²) in [5.41, 5.74) is 0. The summed E-state index contributed by atoms with van der Waals surface area (Å²) in [7, 11) is 0. The van der Waals surface area contributed by atoms with Gasteiger partial charge < -0.3 is 4.52 Å². The first-order valence-electron chi connectivity index (χ1n) is 5.02. The van der Waals surface area contributed by atoms with Crippen LogP contribution in [0.3, 0.4) is 0 Å². The highest BCUT2D eigenvalue weighted by Crippen LogP contribution is 2.50. The van der Waals surface area contributed by atoms with Crippen LogP contribution in [0.5, 0.6) is 5.88 Å². The minimum Gasteiger partial charge on any atom is -0.404 e. The first kappa shape index (κ1) is 16.1. The van der Waals surface area contributed by atoms with Crippen molar-refractivity contribution in [2.45, 2.75) is 13.8 Å². The minimum atomic E-state index is -3.03. The summed E-state index contributed by atoms with van der Waals surface area (Å²) in [5, 5.41) is -0.163. The van der Waals surface area contributed by atoms with Gasteiger partial charge >= 0.3 is 6.72 Å². The number of hydrogen-bond acceptors (Lipinski definition) is 5. The Kier molecular flexibility index (Phi) is 6.24. The Morgan fingerprint density at radius 2 is 1.83 bits per heavy atom. The quantitative estimate of drug-likeness (QED) is 0.576. The van der Waals surface area contributed by atoms with Gasteiger partial charge in [-0.1, -0.05) is 23.2 Å². The lowest BCUT2D eigenvalue weighted by Crippen LogP contribution is -2.04. The zero-order chi connectivity index (χ0) is 13.8. The predicted octanol–water partition coefficient (Wildman–Crippen LogP) is 4.20. The fraction of sp³-hybridized carbons (Fsp3) is 0.444. The van der Waals surface area contributed by atoms with Crippen LogP contribution in [0.4, 0.5) is 4.39 Å². The molecule has 4 nitrogen and oxygen atoms in total. The van der Waals surface area contributed by atoms with Crippen LogP contribution >= 0.6 is 29.9 Å². The fourth-order valence-corrected chi connectivity index (χ4v) is 3.46. The molecule has 0 fully saturated rings. The Morgan fingerprint density at radius 3 is 2.33 bits per heavy atom. The van der Waals surface area contributed by atoms with Crippen LogP contribution in [0.2, 0.25) is 10.0 Å². The van der Waals surface area contributed by atoms with E-state index in [1.807, 2.05) is 0 Å². The smallest absolute Gasteiger partial charge is 0.381 e. The molecule has 1 aromatic rings. The van der Waals surface area contributed by atoms with Crippen molar-refractivity contribution in [3.63, 3.8) is 0 Å². The van der Waals surface area contributed by atoms with Crippen LogP contribution in [-0.2, 0) is 20.9 Å². The molecule has 0 aliphatic heterocycles. The number of hydrogen-bond donors (Lipinski definition) is 0. The lowest BCUT2D eigenvalue weighted by Gasteiger charge is -2.20. The Hall–Kier alpha value is 0.0300. The molecule has 0 saturated heterocycles. The van der Waals surface area contributed by atoms with E-state index in [9.17, 15) is 4.39 Å². The van der Waals surface area contributed by atoms with Gasteiger partial charge in [0.25, 0.3) is 0 Å². The molecule has 0 radical (unpaired) electrons. The molecule has 0 atom stereocenters. The Labute approximate surface area is 120 Å². The van der Waals surface area contributed by atoms with E-state index < -0.39 is 12.7 Å². The van der Waals surface area contributed by atoms with Crippen LogP contribution in [0, 0.1) is 5.95 Å². The number of nitrogens with zero attached hydrogens (tertiary/aromatic N) is 1. The second-order valence-electron chi connectivity index (χ2n) is 2.92. The van der Waals surface area contributed by atoms with Crippen molar-refractivity contribution < 1.29 is 18.0 Å². The second kappa shape index (κ2) is 6.98. The monoisotopic (exact) mass is 333 g/mol. The SMILES string of the molecule is CCOP(=S)(OCC)Oc1nc(F)c(Cl)cc1Cl. The van der Waals surface area contributed by atoms with E-state index >= 15 is 0 Å². The van der Waals surface area contributed by atoms with Crippen molar-refractivity contribution in [1.82, 2.24) is 4.98 Å². The van der Waals surface area contributed by atoms with Gasteiger partial charge in [0.15, 0.2) is 0 Å². The standard InChI is InChI=1S/C9H11Cl2FNO3PS/c1-3-14-17(18,15-4-2)16-9-7(11)5-6(10)8(12)13-9/h5H,3-4H2,1-2H3. The first-order chi connectivity index (χ1) is 8.41. The van der Waals surface area contributed by atoms with Crippen molar-refractivity contribution in [2.24, 2.45) is 0 Å². The molecular weight excluding hydrogens is 323 g/mol. The molecule has 0 bridgehead atoms. The average Bonchev–Trinajstić information content (AvgIpc) is 2.26. The van der Waals surface area contributed by atoms with E-state index in [1.165, 1.54) is 6.07 Å². The molecule has 0 aromatic carbocycles. The number of pyridine rings is 1. The summed E-state index contributed by atoms with van der Waals surface area (Å²) < 4.78 is 29.0. The summed E-state index contributed by atoms with van der Waals surface area (Å²) in [6.07, 6.45) is 0. The molecular formula is C9H11Cl2FNO3PS. The normalized spacial score (nSPS) is 11.6. The third-order valence-electron chi connectivity index (χ3n) is 1.63. The van der Waals surface area contributed by atoms with Crippen LogP contribution < -0.4 is 4.52 Å². The predicted molar refractivity (Wildman–Crippen MR) is 72.4 cm³/mol.